The van der Waals surface area contributed by atoms with Crippen LogP contribution in [0, 0.1) is 6.92 Å². The topological polar surface area (TPSA) is 76.7 Å². The van der Waals surface area contributed by atoms with Gasteiger partial charge >= 0.3 is 0 Å². The molecule has 1 aliphatic heterocycles. The third-order valence-corrected chi connectivity index (χ3v) is 4.10. The lowest BCUT2D eigenvalue weighted by Gasteiger charge is -2.13. The average Bonchev–Trinajstić information content (AvgIpc) is 3.18. The lowest BCUT2D eigenvalue weighted by atomic mass is 10.1. The molecule has 0 saturated carbocycles. The van der Waals surface area contributed by atoms with Crippen LogP contribution in [0.15, 0.2) is 48.5 Å². The van der Waals surface area contributed by atoms with Gasteiger partial charge in [0.1, 0.15) is 11.9 Å². The van der Waals surface area contributed by atoms with Crippen molar-refractivity contribution >= 4 is 23.2 Å². The van der Waals surface area contributed by atoms with Gasteiger partial charge < -0.3 is 20.1 Å². The maximum atomic E-state index is 12.1. The van der Waals surface area contributed by atoms with E-state index in [2.05, 4.69) is 10.6 Å². The molecule has 0 spiro atoms. The van der Waals surface area contributed by atoms with Crippen molar-refractivity contribution in [1.82, 2.24) is 0 Å². The van der Waals surface area contributed by atoms with Crippen LogP contribution in [0.3, 0.4) is 0 Å². The minimum atomic E-state index is -0.371. The van der Waals surface area contributed by atoms with E-state index in [1.54, 1.807) is 24.3 Å². The monoisotopic (exact) mass is 354 g/mol. The Balaban J connectivity index is 1.53. The molecular weight excluding hydrogens is 332 g/mol. The highest BCUT2D eigenvalue weighted by atomic mass is 16.5. The number of ether oxygens (including phenoxy) is 2. The highest BCUT2D eigenvalue weighted by Gasteiger charge is 2.23. The molecule has 1 fully saturated rings. The fourth-order valence-corrected chi connectivity index (χ4v) is 2.74. The molecule has 1 heterocycles. The molecule has 2 amide bonds. The molecule has 0 aliphatic carbocycles. The second-order valence-corrected chi connectivity index (χ2v) is 6.17. The van der Waals surface area contributed by atoms with E-state index >= 15 is 0 Å². The fraction of sp³-hybridized carbons (Fsp3) is 0.300. The van der Waals surface area contributed by atoms with Crippen LogP contribution in [0.2, 0.25) is 0 Å². The molecule has 2 N–H and O–H groups in total. The lowest BCUT2D eigenvalue weighted by Crippen LogP contribution is -2.27. The Labute approximate surface area is 152 Å². The van der Waals surface area contributed by atoms with Crippen molar-refractivity contribution < 1.29 is 19.1 Å². The van der Waals surface area contributed by atoms with Crippen LogP contribution < -0.4 is 15.4 Å². The Bertz CT molecular complexity index is 771. The van der Waals surface area contributed by atoms with Crippen molar-refractivity contribution in [2.45, 2.75) is 25.9 Å². The molecule has 3 rings (SSSR count). The quantitative estimate of drug-likeness (QED) is 0.836. The molecule has 136 valence electrons. The van der Waals surface area contributed by atoms with E-state index in [1.165, 1.54) is 0 Å². The largest absolute Gasteiger partial charge is 0.484 e. The van der Waals surface area contributed by atoms with Crippen LogP contribution in [0.5, 0.6) is 5.75 Å². The number of benzene rings is 2. The summed E-state index contributed by atoms with van der Waals surface area (Å²) < 4.78 is 10.8. The van der Waals surface area contributed by atoms with Crippen LogP contribution in [0.4, 0.5) is 11.4 Å². The van der Waals surface area contributed by atoms with E-state index in [0.29, 0.717) is 23.7 Å². The number of carbonyl (C=O) groups excluding carboxylic acids is 2. The minimum Gasteiger partial charge on any atom is -0.484 e. The maximum absolute atomic E-state index is 12.1. The number of aryl methyl sites for hydroxylation is 1. The zero-order chi connectivity index (χ0) is 18.4. The van der Waals surface area contributed by atoms with E-state index in [4.69, 9.17) is 9.47 Å². The number of carbonyl (C=O) groups is 2. The Hall–Kier alpha value is -2.86. The molecule has 1 unspecified atom stereocenters. The van der Waals surface area contributed by atoms with E-state index in [0.717, 1.165) is 18.4 Å². The summed E-state index contributed by atoms with van der Waals surface area (Å²) in [5, 5.41) is 5.67. The minimum absolute atomic E-state index is 0.0685. The Morgan fingerprint density at radius 1 is 1.15 bits per heavy atom. The summed E-state index contributed by atoms with van der Waals surface area (Å²) in [7, 11) is 0. The molecule has 0 radical (unpaired) electrons. The number of rotatable bonds is 6. The SMILES string of the molecule is Cc1cc(NC(=O)C2CCCO2)ccc1NC(=O)COc1ccccc1. The highest BCUT2D eigenvalue weighted by Crippen LogP contribution is 2.21. The first-order valence-corrected chi connectivity index (χ1v) is 8.62. The molecule has 26 heavy (non-hydrogen) atoms. The Morgan fingerprint density at radius 2 is 1.96 bits per heavy atom. The summed E-state index contributed by atoms with van der Waals surface area (Å²) in [6, 6.07) is 14.5. The first-order valence-electron chi connectivity index (χ1n) is 8.62. The average molecular weight is 354 g/mol. The Kier molecular flexibility index (Phi) is 5.86. The van der Waals surface area contributed by atoms with Gasteiger partial charge in [0.15, 0.2) is 6.61 Å². The Morgan fingerprint density at radius 3 is 2.65 bits per heavy atom. The van der Waals surface area contributed by atoms with Gasteiger partial charge in [-0.2, -0.15) is 0 Å². The number of hydrogen-bond acceptors (Lipinski definition) is 4. The molecule has 2 aromatic rings. The molecule has 0 aromatic heterocycles. The predicted molar refractivity (Wildman–Crippen MR) is 99.3 cm³/mol. The van der Waals surface area contributed by atoms with E-state index in [1.807, 2.05) is 31.2 Å². The van der Waals surface area contributed by atoms with Gasteiger partial charge in [0.05, 0.1) is 0 Å². The van der Waals surface area contributed by atoms with Gasteiger partial charge in [-0.25, -0.2) is 0 Å². The zero-order valence-corrected chi connectivity index (χ0v) is 14.7. The van der Waals surface area contributed by atoms with E-state index in [9.17, 15) is 9.59 Å². The number of anilines is 2. The standard InChI is InChI=1S/C20H22N2O4/c1-14-12-15(21-20(24)18-8-5-11-25-18)9-10-17(14)22-19(23)13-26-16-6-3-2-4-7-16/h2-4,6-7,9-10,12,18H,5,8,11,13H2,1H3,(H,21,24)(H,22,23). The molecule has 6 nitrogen and oxygen atoms in total. The number of nitrogens with one attached hydrogen (secondary N) is 2. The molecule has 1 atom stereocenters. The predicted octanol–water partition coefficient (Wildman–Crippen LogP) is 3.13. The summed E-state index contributed by atoms with van der Waals surface area (Å²) in [5.74, 6) is 0.273. The van der Waals surface area contributed by atoms with Crippen LogP contribution in [-0.2, 0) is 14.3 Å². The molecule has 0 bridgehead atoms. The van der Waals surface area contributed by atoms with Gasteiger partial charge in [0, 0.05) is 18.0 Å². The highest BCUT2D eigenvalue weighted by molar-refractivity contribution is 5.96. The third-order valence-electron chi connectivity index (χ3n) is 4.10. The van der Waals surface area contributed by atoms with Gasteiger partial charge in [-0.1, -0.05) is 18.2 Å². The van der Waals surface area contributed by atoms with Crippen molar-refractivity contribution in [3.05, 3.63) is 54.1 Å². The molecule has 1 saturated heterocycles. The second kappa shape index (κ2) is 8.49. The van der Waals surface area contributed by atoms with Crippen molar-refractivity contribution in [2.75, 3.05) is 23.8 Å². The van der Waals surface area contributed by atoms with Gasteiger partial charge in [-0.3, -0.25) is 9.59 Å². The maximum Gasteiger partial charge on any atom is 0.262 e. The van der Waals surface area contributed by atoms with Gasteiger partial charge in [0.2, 0.25) is 0 Å². The van der Waals surface area contributed by atoms with Gasteiger partial charge in [0.25, 0.3) is 11.8 Å². The summed E-state index contributed by atoms with van der Waals surface area (Å²) in [6.45, 7) is 2.43. The summed E-state index contributed by atoms with van der Waals surface area (Å²) in [5.41, 5.74) is 2.21. The fourth-order valence-electron chi connectivity index (χ4n) is 2.74. The molecule has 1 aliphatic rings. The molecular formula is C20H22N2O4. The van der Waals surface area contributed by atoms with Crippen molar-refractivity contribution in [2.24, 2.45) is 0 Å². The first-order chi connectivity index (χ1) is 12.6. The van der Waals surface area contributed by atoms with Crippen molar-refractivity contribution in [3.8, 4) is 5.75 Å². The van der Waals surface area contributed by atoms with Crippen molar-refractivity contribution in [1.29, 1.82) is 0 Å². The number of amides is 2. The first kappa shape index (κ1) is 17.9. The van der Waals surface area contributed by atoms with Crippen molar-refractivity contribution in [3.63, 3.8) is 0 Å². The summed E-state index contributed by atoms with van der Waals surface area (Å²) in [4.78, 5) is 24.1. The van der Waals surface area contributed by atoms with E-state index in [-0.39, 0.29) is 24.5 Å². The third kappa shape index (κ3) is 4.83. The van der Waals surface area contributed by atoms with Gasteiger partial charge in [-0.05, 0) is 55.7 Å². The van der Waals surface area contributed by atoms with Crippen LogP contribution in [0.25, 0.3) is 0 Å². The van der Waals surface area contributed by atoms with Crippen LogP contribution in [0.1, 0.15) is 18.4 Å². The molecule has 2 aromatic carbocycles. The number of para-hydroxylation sites is 1. The van der Waals surface area contributed by atoms with Crippen LogP contribution in [-0.4, -0.2) is 31.1 Å². The van der Waals surface area contributed by atoms with E-state index < -0.39 is 0 Å². The van der Waals surface area contributed by atoms with Crippen LogP contribution >= 0.6 is 0 Å². The second-order valence-electron chi connectivity index (χ2n) is 6.17. The number of hydrogen-bond donors (Lipinski definition) is 2. The normalized spacial score (nSPS) is 16.1. The molecule has 6 heteroatoms. The smallest absolute Gasteiger partial charge is 0.262 e. The zero-order valence-electron chi connectivity index (χ0n) is 14.7. The summed E-state index contributed by atoms with van der Waals surface area (Å²) in [6.07, 6.45) is 1.29. The summed E-state index contributed by atoms with van der Waals surface area (Å²) >= 11 is 0. The van der Waals surface area contributed by atoms with Gasteiger partial charge in [-0.15, -0.1) is 0 Å². The lowest BCUT2D eigenvalue weighted by molar-refractivity contribution is -0.124.